The number of aromatic nitrogens is 2. The fraction of sp³-hybridized carbons (Fsp3) is 0.353. The molecule has 10 nitrogen and oxygen atoms in total. The number of guanidine groups is 1. The number of aliphatic imine (C=N–C) groups is 1. The van der Waals surface area contributed by atoms with Crippen LogP contribution >= 0.6 is 24.0 Å². The van der Waals surface area contributed by atoms with E-state index in [1.54, 1.807) is 30.6 Å². The van der Waals surface area contributed by atoms with Gasteiger partial charge in [0.2, 0.25) is 5.95 Å². The summed E-state index contributed by atoms with van der Waals surface area (Å²) in [5, 5.41) is 11.1. The Balaban J connectivity index is 0.00000280. The molecular weight excluding hydrogens is 477 g/mol. The summed E-state index contributed by atoms with van der Waals surface area (Å²) in [7, 11) is 1.40. The molecule has 0 amide bonds. The number of ether oxygens (including phenoxy) is 1. The van der Waals surface area contributed by atoms with Gasteiger partial charge in [0.05, 0.1) is 18.6 Å². The van der Waals surface area contributed by atoms with Crippen molar-refractivity contribution in [3.8, 4) is 5.75 Å². The van der Waals surface area contributed by atoms with Gasteiger partial charge in [0.1, 0.15) is 0 Å². The smallest absolute Gasteiger partial charge is 0.311 e. The summed E-state index contributed by atoms with van der Waals surface area (Å²) >= 11 is 0. The first kappa shape index (κ1) is 21.6. The summed E-state index contributed by atoms with van der Waals surface area (Å²) < 4.78 is 5.00. The minimum atomic E-state index is -0.472. The van der Waals surface area contributed by atoms with Crippen molar-refractivity contribution < 1.29 is 9.66 Å². The lowest BCUT2D eigenvalue weighted by atomic mass is 10.2. The van der Waals surface area contributed by atoms with Crippen molar-refractivity contribution in [1.29, 1.82) is 0 Å². The van der Waals surface area contributed by atoms with Crippen molar-refractivity contribution in [3.05, 3.63) is 52.3 Å². The molecule has 2 heterocycles. The molecule has 0 unspecified atom stereocenters. The van der Waals surface area contributed by atoms with Gasteiger partial charge in [-0.05, 0) is 17.7 Å². The molecule has 0 radical (unpaired) electrons. The van der Waals surface area contributed by atoms with Crippen LogP contribution in [0.1, 0.15) is 5.56 Å². The molecule has 0 saturated carbocycles. The monoisotopic (exact) mass is 499 g/mol. The molecule has 3 rings (SSSR count). The second-order valence-corrected chi connectivity index (χ2v) is 5.96. The first-order valence-corrected chi connectivity index (χ1v) is 8.46. The highest BCUT2D eigenvalue weighted by Gasteiger charge is 2.20. The average molecular weight is 499 g/mol. The van der Waals surface area contributed by atoms with Gasteiger partial charge in [-0.1, -0.05) is 6.07 Å². The highest BCUT2D eigenvalue weighted by molar-refractivity contribution is 14.0. The fourth-order valence-corrected chi connectivity index (χ4v) is 2.84. The van der Waals surface area contributed by atoms with E-state index in [0.717, 1.165) is 13.1 Å². The minimum absolute atomic E-state index is 0. The maximum absolute atomic E-state index is 11.1. The molecule has 150 valence electrons. The van der Waals surface area contributed by atoms with Gasteiger partial charge in [0.25, 0.3) is 0 Å². The molecule has 28 heavy (non-hydrogen) atoms. The predicted octanol–water partition coefficient (Wildman–Crippen LogP) is 1.65. The van der Waals surface area contributed by atoms with Crippen LogP contribution in [0.15, 0.2) is 41.7 Å². The Morgan fingerprint density at radius 3 is 2.57 bits per heavy atom. The SMILES string of the molecule is COc1ccc(CN=C(N)N2CCN(c3ncccn3)CC2)cc1[N+](=O)[O-].I. The van der Waals surface area contributed by atoms with Gasteiger partial charge in [-0.3, -0.25) is 10.1 Å². The van der Waals surface area contributed by atoms with Crippen molar-refractivity contribution in [1.82, 2.24) is 14.9 Å². The maximum atomic E-state index is 11.1. The van der Waals surface area contributed by atoms with Crippen molar-refractivity contribution in [2.75, 3.05) is 38.2 Å². The summed E-state index contributed by atoms with van der Waals surface area (Å²) in [5.41, 5.74) is 6.71. The number of anilines is 1. The number of benzene rings is 1. The number of nitro groups is 1. The molecule has 11 heteroatoms. The number of halogens is 1. The summed E-state index contributed by atoms with van der Waals surface area (Å²) in [6, 6.07) is 6.55. The van der Waals surface area contributed by atoms with Crippen molar-refractivity contribution in [2.45, 2.75) is 6.54 Å². The zero-order chi connectivity index (χ0) is 19.2. The highest BCUT2D eigenvalue weighted by Crippen LogP contribution is 2.27. The van der Waals surface area contributed by atoms with Crippen molar-refractivity contribution >= 4 is 41.6 Å². The number of nitro benzene ring substituents is 1. The number of nitrogens with two attached hydrogens (primary N) is 1. The number of hydrogen-bond acceptors (Lipinski definition) is 7. The van der Waals surface area contributed by atoms with E-state index < -0.39 is 4.92 Å². The van der Waals surface area contributed by atoms with Crippen LogP contribution < -0.4 is 15.4 Å². The quantitative estimate of drug-likeness (QED) is 0.217. The zero-order valence-corrected chi connectivity index (χ0v) is 17.7. The number of rotatable bonds is 5. The summed E-state index contributed by atoms with van der Waals surface area (Å²) in [4.78, 5) is 27.6. The molecule has 1 aromatic heterocycles. The Labute approximate surface area is 179 Å². The third-order valence-corrected chi connectivity index (χ3v) is 4.30. The maximum Gasteiger partial charge on any atom is 0.311 e. The second kappa shape index (κ2) is 10.0. The molecule has 0 bridgehead atoms. The Hall–Kier alpha value is -2.70. The second-order valence-electron chi connectivity index (χ2n) is 5.96. The number of methoxy groups -OCH3 is 1. The minimum Gasteiger partial charge on any atom is -0.490 e. The molecular formula is C17H22IN7O3. The third-order valence-electron chi connectivity index (χ3n) is 4.30. The molecule has 0 atom stereocenters. The highest BCUT2D eigenvalue weighted by atomic mass is 127. The van der Waals surface area contributed by atoms with Gasteiger partial charge in [-0.2, -0.15) is 0 Å². The van der Waals surface area contributed by atoms with E-state index in [4.69, 9.17) is 10.5 Å². The van der Waals surface area contributed by atoms with Gasteiger partial charge in [0.15, 0.2) is 11.7 Å². The van der Waals surface area contributed by atoms with Gasteiger partial charge >= 0.3 is 5.69 Å². The van der Waals surface area contributed by atoms with Crippen LogP contribution in [0.4, 0.5) is 11.6 Å². The molecule has 1 aliphatic heterocycles. The topological polar surface area (TPSA) is 123 Å². The van der Waals surface area contributed by atoms with Crippen LogP contribution in [0.25, 0.3) is 0 Å². The lowest BCUT2D eigenvalue weighted by Gasteiger charge is -2.35. The van der Waals surface area contributed by atoms with E-state index in [1.165, 1.54) is 13.2 Å². The molecule has 1 fully saturated rings. The average Bonchev–Trinajstić information content (AvgIpc) is 2.72. The molecule has 2 aromatic rings. The molecule has 0 aliphatic carbocycles. The van der Waals surface area contributed by atoms with E-state index in [0.29, 0.717) is 30.6 Å². The Bertz CT molecular complexity index is 827. The Morgan fingerprint density at radius 2 is 1.96 bits per heavy atom. The number of piperazine rings is 1. The van der Waals surface area contributed by atoms with E-state index in [2.05, 4.69) is 19.9 Å². The van der Waals surface area contributed by atoms with Gasteiger partial charge in [-0.15, -0.1) is 24.0 Å². The molecule has 0 spiro atoms. The van der Waals surface area contributed by atoms with Crippen LogP contribution in [0.2, 0.25) is 0 Å². The van der Waals surface area contributed by atoms with Crippen LogP contribution in [-0.4, -0.2) is 59.0 Å². The molecule has 1 saturated heterocycles. The lowest BCUT2D eigenvalue weighted by molar-refractivity contribution is -0.385. The van der Waals surface area contributed by atoms with Gasteiger partial charge < -0.3 is 20.3 Å². The summed E-state index contributed by atoms with van der Waals surface area (Å²) in [5.74, 6) is 1.35. The standard InChI is InChI=1S/C17H21N7O3.HI/c1-27-15-4-3-13(11-14(15)24(25)26)12-21-16(18)22-7-9-23(10-8-22)17-19-5-2-6-20-17;/h2-6,11H,7-10,12H2,1H3,(H2,18,21);1H. The van der Waals surface area contributed by atoms with Gasteiger partial charge in [-0.25, -0.2) is 15.0 Å². The van der Waals surface area contributed by atoms with Crippen LogP contribution in [0, 0.1) is 10.1 Å². The summed E-state index contributed by atoms with van der Waals surface area (Å²) in [6.45, 7) is 3.16. The zero-order valence-electron chi connectivity index (χ0n) is 15.4. The summed E-state index contributed by atoms with van der Waals surface area (Å²) in [6.07, 6.45) is 3.44. The Morgan fingerprint density at radius 1 is 1.29 bits per heavy atom. The van der Waals surface area contributed by atoms with Crippen LogP contribution in [-0.2, 0) is 6.54 Å². The molecule has 1 aromatic carbocycles. The van der Waals surface area contributed by atoms with E-state index in [-0.39, 0.29) is 42.0 Å². The first-order valence-electron chi connectivity index (χ1n) is 8.46. The van der Waals surface area contributed by atoms with E-state index in [9.17, 15) is 10.1 Å². The number of nitrogens with zero attached hydrogens (tertiary/aromatic N) is 6. The predicted molar refractivity (Wildman–Crippen MR) is 116 cm³/mol. The van der Waals surface area contributed by atoms with E-state index in [1.807, 2.05) is 4.90 Å². The largest absolute Gasteiger partial charge is 0.490 e. The van der Waals surface area contributed by atoms with Gasteiger partial charge in [0, 0.05) is 44.6 Å². The normalized spacial score (nSPS) is 14.4. The Kier molecular flexibility index (Phi) is 7.72. The van der Waals surface area contributed by atoms with Crippen LogP contribution in [0.3, 0.4) is 0 Å². The van der Waals surface area contributed by atoms with Crippen molar-refractivity contribution in [2.24, 2.45) is 10.7 Å². The molecule has 1 aliphatic rings. The van der Waals surface area contributed by atoms with Crippen LogP contribution in [0.5, 0.6) is 5.75 Å². The lowest BCUT2D eigenvalue weighted by Crippen LogP contribution is -2.51. The molecule has 2 N–H and O–H groups in total. The fourth-order valence-electron chi connectivity index (χ4n) is 2.84. The van der Waals surface area contributed by atoms with Crippen molar-refractivity contribution in [3.63, 3.8) is 0 Å². The van der Waals surface area contributed by atoms with E-state index >= 15 is 0 Å². The number of hydrogen-bond donors (Lipinski definition) is 1. The third kappa shape index (κ3) is 5.18. The first-order chi connectivity index (χ1) is 13.1.